The highest BCUT2D eigenvalue weighted by atomic mass is 16.5. The Morgan fingerprint density at radius 3 is 2.33 bits per heavy atom. The number of nitrogens with zero attached hydrogens (tertiary/aromatic N) is 1. The van der Waals surface area contributed by atoms with Crippen molar-refractivity contribution in [1.82, 2.24) is 10.2 Å². The number of carbonyl (C=O) groups excluding carboxylic acids is 1. The average Bonchev–Trinajstić information content (AvgIpc) is 2.78. The molecule has 3 aliphatic heterocycles. The molecule has 3 heterocycles. The van der Waals surface area contributed by atoms with E-state index in [9.17, 15) is 4.79 Å². The molecule has 0 aliphatic carbocycles. The predicted octanol–water partition coefficient (Wildman–Crippen LogP) is 3.72. The van der Waals surface area contributed by atoms with E-state index in [2.05, 4.69) is 41.7 Å². The van der Waals surface area contributed by atoms with Crippen molar-refractivity contribution in [2.24, 2.45) is 0 Å². The van der Waals surface area contributed by atoms with Crippen LogP contribution in [-0.4, -0.2) is 56.3 Å². The van der Waals surface area contributed by atoms with Crippen LogP contribution in [-0.2, 0) is 4.74 Å². The molecule has 5 nitrogen and oxygen atoms in total. The van der Waals surface area contributed by atoms with Crippen molar-refractivity contribution in [2.45, 2.75) is 18.5 Å². The van der Waals surface area contributed by atoms with E-state index < -0.39 is 0 Å². The van der Waals surface area contributed by atoms with Crippen molar-refractivity contribution in [2.75, 3.05) is 33.4 Å². The molecule has 1 N–H and O–H groups in total. The lowest BCUT2D eigenvalue weighted by Gasteiger charge is -2.48. The third-order valence-corrected chi connectivity index (χ3v) is 6.04. The number of hydrogen-bond acceptors (Lipinski definition) is 4. The highest BCUT2D eigenvalue weighted by molar-refractivity contribution is 5.99. The van der Waals surface area contributed by atoms with Gasteiger partial charge in [-0.25, -0.2) is 0 Å². The molecule has 5 heteroatoms. The number of hydrogen-bond donors (Lipinski definition) is 1. The van der Waals surface area contributed by atoms with E-state index in [0.29, 0.717) is 25.3 Å². The monoisotopic (exact) mass is 402 g/mol. The van der Waals surface area contributed by atoms with E-state index in [1.165, 1.54) is 6.42 Å². The lowest BCUT2D eigenvalue weighted by atomic mass is 9.91. The summed E-state index contributed by atoms with van der Waals surface area (Å²) in [6.45, 7) is 2.75. The number of nitrogens with one attached hydrogen (secondary N) is 1. The molecule has 0 aromatic heterocycles. The number of methoxy groups -OCH3 is 1. The molecule has 154 valence electrons. The Morgan fingerprint density at radius 1 is 0.933 bits per heavy atom. The molecule has 3 aromatic carbocycles. The van der Waals surface area contributed by atoms with Gasteiger partial charge in [-0.1, -0.05) is 30.3 Å². The number of fused-ring (bicyclic) bond motifs is 3. The Labute approximate surface area is 176 Å². The van der Waals surface area contributed by atoms with Gasteiger partial charge in [0.05, 0.1) is 6.61 Å². The van der Waals surface area contributed by atoms with Crippen molar-refractivity contribution in [3.05, 3.63) is 66.2 Å². The summed E-state index contributed by atoms with van der Waals surface area (Å²) in [5.41, 5.74) is 3.05. The fraction of sp³-hybridized carbons (Fsp3) is 0.320. The van der Waals surface area contributed by atoms with E-state index in [1.807, 2.05) is 29.2 Å². The van der Waals surface area contributed by atoms with Crippen LogP contribution in [0, 0.1) is 0 Å². The van der Waals surface area contributed by atoms with Crippen molar-refractivity contribution in [3.8, 4) is 16.9 Å². The number of piperazine rings is 1. The van der Waals surface area contributed by atoms with Crippen LogP contribution in [0.2, 0.25) is 0 Å². The van der Waals surface area contributed by atoms with E-state index in [4.69, 9.17) is 9.47 Å². The van der Waals surface area contributed by atoms with E-state index >= 15 is 0 Å². The first-order valence-electron chi connectivity index (χ1n) is 10.5. The van der Waals surface area contributed by atoms with Gasteiger partial charge in [0.2, 0.25) is 0 Å². The Balaban J connectivity index is 1.32. The summed E-state index contributed by atoms with van der Waals surface area (Å²) in [5, 5.41) is 5.70. The van der Waals surface area contributed by atoms with Crippen LogP contribution >= 0.6 is 0 Å². The summed E-state index contributed by atoms with van der Waals surface area (Å²) in [4.78, 5) is 14.9. The lowest BCUT2D eigenvalue weighted by molar-refractivity contribution is 0.0474. The van der Waals surface area contributed by atoms with Crippen molar-refractivity contribution in [3.63, 3.8) is 0 Å². The Morgan fingerprint density at radius 2 is 1.60 bits per heavy atom. The molecule has 30 heavy (non-hydrogen) atoms. The largest absolute Gasteiger partial charge is 0.491 e. The minimum atomic E-state index is 0.140. The third-order valence-electron chi connectivity index (χ3n) is 6.04. The van der Waals surface area contributed by atoms with Gasteiger partial charge in [-0.15, -0.1) is 0 Å². The standard InChI is InChI=1S/C25H26N2O3/c1-29-10-11-30-24-8-6-17(7-9-24)18-2-3-20-13-21(5-4-19(20)12-18)25(28)27-15-22-14-23(16-27)26-22/h2-9,12-13,22-23,26H,10-11,14-16H2,1H3. The molecule has 2 unspecified atom stereocenters. The molecule has 0 radical (unpaired) electrons. The van der Waals surface area contributed by atoms with Crippen LogP contribution < -0.4 is 10.1 Å². The molecule has 0 spiro atoms. The van der Waals surface area contributed by atoms with Crippen LogP contribution in [0.3, 0.4) is 0 Å². The zero-order valence-corrected chi connectivity index (χ0v) is 17.1. The summed E-state index contributed by atoms with van der Waals surface area (Å²) >= 11 is 0. The van der Waals surface area contributed by atoms with Gasteiger partial charge in [-0.2, -0.15) is 0 Å². The molecular weight excluding hydrogens is 376 g/mol. The van der Waals surface area contributed by atoms with Gasteiger partial charge < -0.3 is 19.7 Å². The highest BCUT2D eigenvalue weighted by Gasteiger charge is 2.38. The van der Waals surface area contributed by atoms with Crippen molar-refractivity contribution in [1.29, 1.82) is 0 Å². The topological polar surface area (TPSA) is 50.8 Å². The van der Waals surface area contributed by atoms with Gasteiger partial charge in [0.1, 0.15) is 12.4 Å². The fourth-order valence-electron chi connectivity index (χ4n) is 4.41. The van der Waals surface area contributed by atoms with Crippen LogP contribution in [0.5, 0.6) is 5.75 Å². The Bertz CT molecular complexity index is 1050. The first-order valence-corrected chi connectivity index (χ1v) is 10.5. The van der Waals surface area contributed by atoms with Gasteiger partial charge in [0, 0.05) is 37.8 Å². The molecule has 2 atom stereocenters. The summed E-state index contributed by atoms with van der Waals surface area (Å²) in [6.07, 6.45) is 1.20. The first-order chi connectivity index (χ1) is 14.7. The Kier molecular flexibility index (Phi) is 5.15. The molecule has 3 fully saturated rings. The molecule has 6 rings (SSSR count). The number of piperidine rings is 1. The minimum Gasteiger partial charge on any atom is -0.491 e. The van der Waals surface area contributed by atoms with Crippen LogP contribution in [0.25, 0.3) is 21.9 Å². The molecule has 3 aromatic rings. The second kappa shape index (κ2) is 8.09. The van der Waals surface area contributed by atoms with Gasteiger partial charge in [0.25, 0.3) is 5.91 Å². The minimum absolute atomic E-state index is 0.140. The number of ether oxygens (including phenoxy) is 2. The van der Waals surface area contributed by atoms with E-state index in [1.54, 1.807) is 7.11 Å². The average molecular weight is 402 g/mol. The zero-order chi connectivity index (χ0) is 20.5. The molecule has 0 saturated carbocycles. The van der Waals surface area contributed by atoms with Gasteiger partial charge >= 0.3 is 0 Å². The van der Waals surface area contributed by atoms with Crippen LogP contribution in [0.1, 0.15) is 16.8 Å². The van der Waals surface area contributed by atoms with Gasteiger partial charge in [0.15, 0.2) is 0 Å². The number of rotatable bonds is 6. The SMILES string of the molecule is COCCOc1ccc(-c2ccc3cc(C(=O)N4CC5CC(C4)N5)ccc3c2)cc1. The van der Waals surface area contributed by atoms with Gasteiger partial charge in [-0.3, -0.25) is 4.79 Å². The second-order valence-electron chi connectivity index (χ2n) is 8.15. The highest BCUT2D eigenvalue weighted by Crippen LogP contribution is 2.28. The second-order valence-corrected chi connectivity index (χ2v) is 8.15. The third kappa shape index (κ3) is 3.78. The smallest absolute Gasteiger partial charge is 0.253 e. The van der Waals surface area contributed by atoms with E-state index in [-0.39, 0.29) is 5.91 Å². The summed E-state index contributed by atoms with van der Waals surface area (Å²) in [7, 11) is 1.67. The Hall–Kier alpha value is -2.89. The molecular formula is C25H26N2O3. The van der Waals surface area contributed by atoms with E-state index in [0.717, 1.165) is 46.3 Å². The quantitative estimate of drug-likeness (QED) is 0.639. The van der Waals surface area contributed by atoms with Gasteiger partial charge in [-0.05, 0) is 58.7 Å². The lowest BCUT2D eigenvalue weighted by Crippen LogP contribution is -2.67. The maximum absolute atomic E-state index is 12.9. The summed E-state index contributed by atoms with van der Waals surface area (Å²) in [5.74, 6) is 0.978. The molecule has 1 amide bonds. The number of carbonyl (C=O) groups is 1. The number of benzene rings is 3. The molecule has 3 aliphatic rings. The number of amides is 1. The molecule has 3 saturated heterocycles. The van der Waals surface area contributed by atoms with Crippen molar-refractivity contribution < 1.29 is 14.3 Å². The van der Waals surface area contributed by atoms with Crippen LogP contribution in [0.15, 0.2) is 60.7 Å². The normalized spacial score (nSPS) is 20.1. The zero-order valence-electron chi connectivity index (χ0n) is 17.1. The predicted molar refractivity (Wildman–Crippen MR) is 118 cm³/mol. The summed E-state index contributed by atoms with van der Waals surface area (Å²) < 4.78 is 10.6. The maximum Gasteiger partial charge on any atom is 0.253 e. The first kappa shape index (κ1) is 19.1. The summed E-state index contributed by atoms with van der Waals surface area (Å²) in [6, 6.07) is 21.5. The van der Waals surface area contributed by atoms with Crippen molar-refractivity contribution >= 4 is 16.7 Å². The maximum atomic E-state index is 12.9. The fourth-order valence-corrected chi connectivity index (χ4v) is 4.41. The van der Waals surface area contributed by atoms with Crippen LogP contribution in [0.4, 0.5) is 0 Å². The molecule has 2 bridgehead atoms.